The second kappa shape index (κ2) is 8.53. The Bertz CT molecular complexity index is 349. The van der Waals surface area contributed by atoms with E-state index in [0.29, 0.717) is 19.6 Å². The summed E-state index contributed by atoms with van der Waals surface area (Å²) >= 11 is 0. The van der Waals surface area contributed by atoms with Crippen molar-refractivity contribution in [3.8, 4) is 5.75 Å². The predicted molar refractivity (Wildman–Crippen MR) is 72.6 cm³/mol. The van der Waals surface area contributed by atoms with Crippen LogP contribution in [-0.4, -0.2) is 26.1 Å². The van der Waals surface area contributed by atoms with E-state index in [1.54, 1.807) is 7.05 Å². The summed E-state index contributed by atoms with van der Waals surface area (Å²) in [7, 11) is 1.65. The summed E-state index contributed by atoms with van der Waals surface area (Å²) < 4.78 is 5.57. The quantitative estimate of drug-likeness (QED) is 0.687. The van der Waals surface area contributed by atoms with E-state index in [9.17, 15) is 4.79 Å². The van der Waals surface area contributed by atoms with Gasteiger partial charge in [-0.3, -0.25) is 4.79 Å². The van der Waals surface area contributed by atoms with Gasteiger partial charge in [0, 0.05) is 13.5 Å². The molecule has 3 N–H and O–H groups in total. The fourth-order valence-electron chi connectivity index (χ4n) is 1.57. The van der Waals surface area contributed by atoms with Gasteiger partial charge >= 0.3 is 0 Å². The zero-order valence-corrected chi connectivity index (χ0v) is 10.9. The lowest BCUT2D eigenvalue weighted by molar-refractivity contribution is -0.120. The number of benzene rings is 1. The van der Waals surface area contributed by atoms with E-state index >= 15 is 0 Å². The molecule has 0 spiro atoms. The van der Waals surface area contributed by atoms with Crippen LogP contribution >= 0.6 is 0 Å². The van der Waals surface area contributed by atoms with Gasteiger partial charge in [-0.2, -0.15) is 0 Å². The fraction of sp³-hybridized carbons (Fsp3) is 0.500. The van der Waals surface area contributed by atoms with Crippen LogP contribution in [0.2, 0.25) is 0 Å². The van der Waals surface area contributed by atoms with Crippen molar-refractivity contribution in [1.82, 2.24) is 5.32 Å². The van der Waals surface area contributed by atoms with E-state index in [2.05, 4.69) is 5.32 Å². The van der Waals surface area contributed by atoms with E-state index in [1.165, 1.54) is 0 Å². The van der Waals surface area contributed by atoms with Gasteiger partial charge in [0.2, 0.25) is 5.91 Å². The van der Waals surface area contributed by atoms with Crippen molar-refractivity contribution in [2.24, 2.45) is 5.73 Å². The molecule has 1 aromatic rings. The van der Waals surface area contributed by atoms with E-state index in [1.807, 2.05) is 24.3 Å². The smallest absolute Gasteiger partial charge is 0.220 e. The number of hydrogen-bond donors (Lipinski definition) is 2. The van der Waals surface area contributed by atoms with Gasteiger partial charge in [-0.25, -0.2) is 0 Å². The number of nitrogens with two attached hydrogens (primary N) is 1. The summed E-state index contributed by atoms with van der Waals surface area (Å²) in [5.41, 5.74) is 6.56. The van der Waals surface area contributed by atoms with Gasteiger partial charge in [-0.15, -0.1) is 0 Å². The number of amides is 1. The SMILES string of the molecule is CNC(=O)CCc1ccc(OCCCCN)cc1. The minimum absolute atomic E-state index is 0.0668. The molecule has 0 fully saturated rings. The molecule has 4 heteroatoms. The number of carbonyl (C=O) groups excluding carboxylic acids is 1. The van der Waals surface area contributed by atoms with Crippen LogP contribution in [0.4, 0.5) is 0 Å². The van der Waals surface area contributed by atoms with Crippen LogP contribution in [-0.2, 0) is 11.2 Å². The lowest BCUT2D eigenvalue weighted by Gasteiger charge is -2.06. The van der Waals surface area contributed by atoms with Gasteiger partial charge in [0.05, 0.1) is 6.61 Å². The minimum Gasteiger partial charge on any atom is -0.494 e. The van der Waals surface area contributed by atoms with Crippen LogP contribution in [0.1, 0.15) is 24.8 Å². The first kappa shape index (κ1) is 14.5. The largest absolute Gasteiger partial charge is 0.494 e. The molecular weight excluding hydrogens is 228 g/mol. The predicted octanol–water partition coefficient (Wildman–Crippen LogP) is 1.48. The molecular formula is C14H22N2O2. The molecule has 1 aromatic carbocycles. The number of nitrogens with one attached hydrogen (secondary N) is 1. The zero-order chi connectivity index (χ0) is 13.2. The van der Waals surface area contributed by atoms with Crippen LogP contribution in [0.25, 0.3) is 0 Å². The summed E-state index contributed by atoms with van der Waals surface area (Å²) in [5.74, 6) is 0.938. The highest BCUT2D eigenvalue weighted by Gasteiger charge is 2.00. The third-order valence-electron chi connectivity index (χ3n) is 2.71. The summed E-state index contributed by atoms with van der Waals surface area (Å²) in [6.45, 7) is 1.41. The average Bonchev–Trinajstić information content (AvgIpc) is 2.42. The molecule has 0 atom stereocenters. The van der Waals surface area contributed by atoms with E-state index in [0.717, 1.165) is 30.6 Å². The molecule has 0 aromatic heterocycles. The summed E-state index contributed by atoms with van der Waals surface area (Å²) in [6.07, 6.45) is 3.25. The normalized spacial score (nSPS) is 10.1. The Morgan fingerprint density at radius 2 is 2.00 bits per heavy atom. The Kier molecular flexibility index (Phi) is 6.87. The molecule has 0 saturated carbocycles. The van der Waals surface area contributed by atoms with Crippen LogP contribution in [0.15, 0.2) is 24.3 Å². The monoisotopic (exact) mass is 250 g/mol. The third-order valence-corrected chi connectivity index (χ3v) is 2.71. The van der Waals surface area contributed by atoms with Gasteiger partial charge in [0.25, 0.3) is 0 Å². The first-order chi connectivity index (χ1) is 8.76. The Morgan fingerprint density at radius 1 is 1.28 bits per heavy atom. The fourth-order valence-corrected chi connectivity index (χ4v) is 1.57. The van der Waals surface area contributed by atoms with Gasteiger partial charge in [-0.1, -0.05) is 12.1 Å². The number of ether oxygens (including phenoxy) is 1. The highest BCUT2D eigenvalue weighted by molar-refractivity contribution is 5.75. The minimum atomic E-state index is 0.0668. The molecule has 0 aliphatic carbocycles. The average molecular weight is 250 g/mol. The van der Waals surface area contributed by atoms with E-state index in [-0.39, 0.29) is 5.91 Å². The second-order valence-corrected chi connectivity index (χ2v) is 4.16. The van der Waals surface area contributed by atoms with Gasteiger partial charge in [0.15, 0.2) is 0 Å². The molecule has 0 bridgehead atoms. The summed E-state index contributed by atoms with van der Waals surface area (Å²) in [6, 6.07) is 7.89. The first-order valence-electron chi connectivity index (χ1n) is 6.38. The first-order valence-corrected chi connectivity index (χ1v) is 6.38. The summed E-state index contributed by atoms with van der Waals surface area (Å²) in [5, 5.41) is 2.61. The highest BCUT2D eigenvalue weighted by atomic mass is 16.5. The van der Waals surface area contributed by atoms with Crippen molar-refractivity contribution in [2.45, 2.75) is 25.7 Å². The van der Waals surface area contributed by atoms with Crippen molar-refractivity contribution in [2.75, 3.05) is 20.2 Å². The standard InChI is InChI=1S/C14H22N2O2/c1-16-14(17)9-6-12-4-7-13(8-5-12)18-11-3-2-10-15/h4-5,7-8H,2-3,6,9-11,15H2,1H3,(H,16,17). The Balaban J connectivity index is 2.31. The third kappa shape index (κ3) is 5.68. The van der Waals surface area contributed by atoms with Gasteiger partial charge < -0.3 is 15.8 Å². The maximum atomic E-state index is 11.1. The maximum Gasteiger partial charge on any atom is 0.220 e. The molecule has 0 unspecified atom stereocenters. The van der Waals surface area contributed by atoms with Gasteiger partial charge in [-0.05, 0) is 43.5 Å². The van der Waals surface area contributed by atoms with Crippen LogP contribution in [0.5, 0.6) is 5.75 Å². The lowest BCUT2D eigenvalue weighted by atomic mass is 10.1. The number of aryl methyl sites for hydroxylation is 1. The summed E-state index contributed by atoms with van der Waals surface area (Å²) in [4.78, 5) is 11.1. The number of unbranched alkanes of at least 4 members (excludes halogenated alkanes) is 1. The van der Waals surface area contributed by atoms with Crippen molar-refractivity contribution in [1.29, 1.82) is 0 Å². The topological polar surface area (TPSA) is 64.3 Å². The van der Waals surface area contributed by atoms with Crippen LogP contribution < -0.4 is 15.8 Å². The molecule has 18 heavy (non-hydrogen) atoms. The lowest BCUT2D eigenvalue weighted by Crippen LogP contribution is -2.17. The molecule has 1 amide bonds. The Hall–Kier alpha value is -1.55. The van der Waals surface area contributed by atoms with Crippen molar-refractivity contribution < 1.29 is 9.53 Å². The maximum absolute atomic E-state index is 11.1. The second-order valence-electron chi connectivity index (χ2n) is 4.16. The molecule has 0 saturated heterocycles. The van der Waals surface area contributed by atoms with E-state index in [4.69, 9.17) is 10.5 Å². The molecule has 0 aliphatic heterocycles. The van der Waals surface area contributed by atoms with Crippen molar-refractivity contribution >= 4 is 5.91 Å². The molecule has 0 radical (unpaired) electrons. The number of hydrogen-bond acceptors (Lipinski definition) is 3. The van der Waals surface area contributed by atoms with Crippen LogP contribution in [0.3, 0.4) is 0 Å². The Morgan fingerprint density at radius 3 is 2.61 bits per heavy atom. The molecule has 0 heterocycles. The van der Waals surface area contributed by atoms with Gasteiger partial charge in [0.1, 0.15) is 5.75 Å². The molecule has 1 rings (SSSR count). The Labute approximate surface area is 109 Å². The molecule has 0 aliphatic rings. The number of rotatable bonds is 8. The highest BCUT2D eigenvalue weighted by Crippen LogP contribution is 2.13. The zero-order valence-electron chi connectivity index (χ0n) is 10.9. The van der Waals surface area contributed by atoms with Crippen LogP contribution in [0, 0.1) is 0 Å². The van der Waals surface area contributed by atoms with Crippen molar-refractivity contribution in [3.05, 3.63) is 29.8 Å². The molecule has 100 valence electrons. The number of carbonyl (C=O) groups is 1. The van der Waals surface area contributed by atoms with Crippen molar-refractivity contribution in [3.63, 3.8) is 0 Å². The molecule has 4 nitrogen and oxygen atoms in total. The van der Waals surface area contributed by atoms with E-state index < -0.39 is 0 Å².